The summed E-state index contributed by atoms with van der Waals surface area (Å²) in [6, 6.07) is 0. The first-order chi connectivity index (χ1) is 35.9. The van der Waals surface area contributed by atoms with Crippen molar-refractivity contribution in [1.29, 1.82) is 0 Å². The Morgan fingerprint density at radius 3 is 0.787 bits per heavy atom. The third-order valence-electron chi connectivity index (χ3n) is 10.0. The highest BCUT2D eigenvalue weighted by atomic mass is 16.8. The monoisotopic (exact) mass is 1070 g/mol. The lowest BCUT2D eigenvalue weighted by atomic mass is 10.4. The molecule has 414 valence electrons. The standard InChI is InChI=1S/C42H54N6O27/c49-28-1-2-29(50)45(28)72-39(60)24-65-20-19-64-15-11-43(12-16-69-36(57)21-66-25-40(61)73-46-30(51)3-4-31(46)52)9-10-44(13-17-70-37(58)22-67-26-41(62)74-47-32(53)5-6-33(47)54)14-18-71-38(59)23-68-27-42(63)75-48-34(55)7-8-35(48)56/h1-27H2. The minimum atomic E-state index is -1.12. The van der Waals surface area contributed by atoms with Crippen molar-refractivity contribution in [1.82, 2.24) is 30.1 Å². The Labute approximate surface area is 424 Å². The third kappa shape index (κ3) is 22.3. The highest BCUT2D eigenvalue weighted by Gasteiger charge is 2.36. The molecule has 0 aliphatic carbocycles. The molecule has 4 saturated heterocycles. The summed E-state index contributed by atoms with van der Waals surface area (Å²) in [6.07, 6.45) is -0.950. The van der Waals surface area contributed by atoms with E-state index in [1.807, 2.05) is 0 Å². The summed E-state index contributed by atoms with van der Waals surface area (Å²) in [4.78, 5) is 201. The van der Waals surface area contributed by atoms with Crippen LogP contribution in [0, 0.1) is 0 Å². The quantitative estimate of drug-likeness (QED) is 0.0245. The van der Waals surface area contributed by atoms with E-state index in [1.54, 1.807) is 9.80 Å². The summed E-state index contributed by atoms with van der Waals surface area (Å²) >= 11 is 0. The number of carbonyl (C=O) groups excluding carboxylic acids is 15. The molecule has 8 amide bonds. The number of amides is 8. The van der Waals surface area contributed by atoms with Crippen molar-refractivity contribution in [3.63, 3.8) is 0 Å². The van der Waals surface area contributed by atoms with E-state index in [2.05, 4.69) is 14.5 Å². The van der Waals surface area contributed by atoms with Crippen molar-refractivity contribution in [2.24, 2.45) is 0 Å². The van der Waals surface area contributed by atoms with Crippen LogP contribution in [0.1, 0.15) is 51.4 Å². The Morgan fingerprint density at radius 2 is 0.507 bits per heavy atom. The molecule has 0 saturated carbocycles. The van der Waals surface area contributed by atoms with Gasteiger partial charge in [-0.1, -0.05) is 0 Å². The Kier molecular flexibility index (Phi) is 25.7. The van der Waals surface area contributed by atoms with Crippen LogP contribution in [-0.4, -0.2) is 244 Å². The van der Waals surface area contributed by atoms with E-state index in [1.165, 1.54) is 0 Å². The van der Waals surface area contributed by atoms with E-state index in [0.29, 0.717) is 20.3 Å². The summed E-state index contributed by atoms with van der Waals surface area (Å²) in [5.74, 6) is -12.7. The van der Waals surface area contributed by atoms with Gasteiger partial charge in [-0.25, -0.2) is 33.6 Å². The lowest BCUT2D eigenvalue weighted by Crippen LogP contribution is -2.41. The van der Waals surface area contributed by atoms with Gasteiger partial charge in [-0.3, -0.25) is 48.2 Å². The number of imide groups is 4. The molecule has 0 atom stereocenters. The highest BCUT2D eigenvalue weighted by molar-refractivity contribution is 6.03. The predicted molar refractivity (Wildman–Crippen MR) is 229 cm³/mol. The van der Waals surface area contributed by atoms with Gasteiger partial charge in [0.15, 0.2) is 0 Å². The van der Waals surface area contributed by atoms with Crippen molar-refractivity contribution in [3.05, 3.63) is 0 Å². The van der Waals surface area contributed by atoms with E-state index in [-0.39, 0.29) is 130 Å². The van der Waals surface area contributed by atoms with Crippen LogP contribution < -0.4 is 0 Å². The van der Waals surface area contributed by atoms with E-state index < -0.39 is 135 Å². The van der Waals surface area contributed by atoms with Crippen LogP contribution in [0.4, 0.5) is 0 Å². The third-order valence-corrected chi connectivity index (χ3v) is 10.0. The minimum absolute atomic E-state index is 0.000168. The molecule has 0 aromatic rings. The largest absolute Gasteiger partial charge is 0.463 e. The molecule has 0 N–H and O–H groups in total. The molecule has 75 heavy (non-hydrogen) atoms. The fourth-order valence-electron chi connectivity index (χ4n) is 6.31. The van der Waals surface area contributed by atoms with Crippen molar-refractivity contribution >= 4 is 89.0 Å². The number of esters is 3. The molecule has 0 aromatic heterocycles. The van der Waals surface area contributed by atoms with Crippen molar-refractivity contribution in [2.45, 2.75) is 51.4 Å². The topological polar surface area (TPSA) is 386 Å². The molecular formula is C42H54N6O27. The van der Waals surface area contributed by atoms with Gasteiger partial charge in [0.05, 0.1) is 19.8 Å². The maximum Gasteiger partial charge on any atom is 0.358 e. The van der Waals surface area contributed by atoms with E-state index >= 15 is 0 Å². The molecule has 4 fully saturated rings. The SMILES string of the molecule is O=C(COCC(=O)ON1C(=O)CCC1=O)OCCN(CCOCCOCC(=O)ON1C(=O)CCC1=O)CCN(CCOC(=O)COCC(=O)ON1C(=O)CCC1=O)CCOC(=O)COCC(=O)ON1C(=O)CCC1=O. The molecule has 4 rings (SSSR count). The molecule has 0 bridgehead atoms. The fourth-order valence-corrected chi connectivity index (χ4v) is 6.31. The van der Waals surface area contributed by atoms with Gasteiger partial charge >= 0.3 is 41.8 Å². The second-order valence-corrected chi connectivity index (χ2v) is 15.7. The predicted octanol–water partition coefficient (Wildman–Crippen LogP) is -5.27. The van der Waals surface area contributed by atoms with Gasteiger partial charge in [-0.05, 0) is 0 Å². The van der Waals surface area contributed by atoms with Gasteiger partial charge in [0.2, 0.25) is 0 Å². The number of rotatable bonds is 36. The zero-order valence-electron chi connectivity index (χ0n) is 40.3. The number of hydrogen-bond acceptors (Lipinski definition) is 29. The van der Waals surface area contributed by atoms with Crippen LogP contribution in [-0.2, 0) is 129 Å². The Morgan fingerprint density at radius 1 is 0.280 bits per heavy atom. The summed E-state index contributed by atoms with van der Waals surface area (Å²) in [5.41, 5.74) is 0. The van der Waals surface area contributed by atoms with Crippen LogP contribution in [0.15, 0.2) is 0 Å². The number of hydrogen-bond donors (Lipinski definition) is 0. The van der Waals surface area contributed by atoms with Gasteiger partial charge < -0.3 is 57.2 Å². The first-order valence-corrected chi connectivity index (χ1v) is 23.0. The van der Waals surface area contributed by atoms with Crippen molar-refractivity contribution < 1.29 is 129 Å². The average Bonchev–Trinajstić information content (AvgIpc) is 4.07. The first kappa shape index (κ1) is 60.1. The van der Waals surface area contributed by atoms with Gasteiger partial charge in [-0.2, -0.15) is 0 Å². The van der Waals surface area contributed by atoms with E-state index in [9.17, 15) is 71.9 Å². The number of nitrogens with zero attached hydrogens (tertiary/aromatic N) is 6. The smallest absolute Gasteiger partial charge is 0.358 e. The molecule has 4 heterocycles. The maximum atomic E-state index is 12.4. The second-order valence-electron chi connectivity index (χ2n) is 15.7. The zero-order chi connectivity index (χ0) is 54.7. The number of carbonyl (C=O) groups is 15. The van der Waals surface area contributed by atoms with Crippen LogP contribution >= 0.6 is 0 Å². The molecule has 0 unspecified atom stereocenters. The number of ether oxygens (including phenoxy) is 8. The van der Waals surface area contributed by atoms with Crippen molar-refractivity contribution in [2.75, 3.05) is 125 Å². The lowest BCUT2D eigenvalue weighted by Gasteiger charge is -2.27. The van der Waals surface area contributed by atoms with Gasteiger partial charge in [0.1, 0.15) is 66.1 Å². The Hall–Kier alpha value is -7.43. The molecule has 0 aromatic carbocycles. The van der Waals surface area contributed by atoms with Crippen LogP contribution in [0.2, 0.25) is 0 Å². The zero-order valence-corrected chi connectivity index (χ0v) is 40.3. The summed E-state index contributed by atoms with van der Waals surface area (Å²) in [7, 11) is 0. The Balaban J connectivity index is 1.26. The summed E-state index contributed by atoms with van der Waals surface area (Å²) < 4.78 is 41.4. The molecule has 0 spiro atoms. The molecule has 0 radical (unpaired) electrons. The van der Waals surface area contributed by atoms with Gasteiger partial charge in [-0.15, -0.1) is 20.3 Å². The maximum absolute atomic E-state index is 12.4. The van der Waals surface area contributed by atoms with Crippen LogP contribution in [0.3, 0.4) is 0 Å². The fraction of sp³-hybridized carbons (Fsp3) is 0.643. The first-order valence-electron chi connectivity index (χ1n) is 23.0. The van der Waals surface area contributed by atoms with E-state index in [4.69, 9.17) is 42.7 Å². The number of hydroxylamine groups is 8. The second kappa shape index (κ2) is 32.0. The normalized spacial score (nSPS) is 15.7. The average molecular weight is 1070 g/mol. The van der Waals surface area contributed by atoms with Crippen LogP contribution in [0.25, 0.3) is 0 Å². The van der Waals surface area contributed by atoms with Gasteiger partial charge in [0.25, 0.3) is 47.3 Å². The van der Waals surface area contributed by atoms with Crippen molar-refractivity contribution in [3.8, 4) is 0 Å². The minimum Gasteiger partial charge on any atom is -0.463 e. The van der Waals surface area contributed by atoms with E-state index in [0.717, 1.165) is 0 Å². The van der Waals surface area contributed by atoms with Crippen LogP contribution in [0.5, 0.6) is 0 Å². The summed E-state index contributed by atoms with van der Waals surface area (Å²) in [6.45, 7) is -5.51. The molecular weight excluding hydrogens is 1020 g/mol. The molecule has 4 aliphatic heterocycles. The lowest BCUT2D eigenvalue weighted by molar-refractivity contribution is -0.200. The summed E-state index contributed by atoms with van der Waals surface area (Å²) in [5, 5.41) is 1.31. The Bertz CT molecular complexity index is 2020. The molecule has 33 nitrogen and oxygen atoms in total. The highest BCUT2D eigenvalue weighted by Crippen LogP contribution is 2.15. The van der Waals surface area contributed by atoms with Gasteiger partial charge in [0, 0.05) is 90.6 Å². The molecule has 33 heteroatoms. The molecule has 4 aliphatic rings.